The SMILES string of the molecule is CC(C)S(=O)(=O)N1CCC[C@@H](C(=O)Cc2cc(-c3cccc(NCC4CCS(=O)(=O)CC4)c3)c(Cl)cn2)C1.CC(C)S(=O)(=O)N1CCC[C@@H](C(=O)Cc2cc(-c3cccc(N[C@@H](C)C4CCOCC4)c3)c(Cl)cn2)C1.CC(C)S(=O)(=O)N1CCC[C@@H](C(=O)Cc2cc(-c3cccc(N[C@H](C)C4CCOCC4)c3)c(Cl)cn2)C1.C[C@@H]1CC(CNc2cccc(-c3cc(CC(=O)[C@@H]4CCCNC4)ncc3Cl)c2)C[C@H](C)O1. The van der Waals surface area contributed by atoms with Gasteiger partial charge in [0.1, 0.15) is 33.0 Å². The van der Waals surface area contributed by atoms with E-state index in [9.17, 15) is 52.8 Å². The molecule has 8 aromatic rings. The summed E-state index contributed by atoms with van der Waals surface area (Å²) in [6.45, 7) is 27.6. The average molecular weight is 2130 g/mol. The molecule has 0 spiro atoms. The molecule has 8 fully saturated rings. The van der Waals surface area contributed by atoms with Crippen molar-refractivity contribution in [2.45, 2.75) is 238 Å². The van der Waals surface area contributed by atoms with E-state index in [1.807, 2.05) is 78.9 Å². The van der Waals surface area contributed by atoms with Gasteiger partial charge in [-0.3, -0.25) is 39.1 Å². The zero-order valence-electron chi connectivity index (χ0n) is 84.9. The van der Waals surface area contributed by atoms with Crippen molar-refractivity contribution in [1.82, 2.24) is 38.2 Å². The van der Waals surface area contributed by atoms with Gasteiger partial charge in [-0.15, -0.1) is 0 Å². The van der Waals surface area contributed by atoms with Crippen molar-refractivity contribution in [2.24, 2.45) is 47.3 Å². The Morgan fingerprint density at radius 1 is 0.410 bits per heavy atom. The molecule has 144 heavy (non-hydrogen) atoms. The van der Waals surface area contributed by atoms with Crippen LogP contribution >= 0.6 is 46.4 Å². The van der Waals surface area contributed by atoms with E-state index >= 15 is 0 Å². The molecule has 9 atom stereocenters. The number of benzene rings is 4. The molecule has 0 aliphatic carbocycles. The maximum absolute atomic E-state index is 13.2. The van der Waals surface area contributed by atoms with Gasteiger partial charge in [0.25, 0.3) is 0 Å². The minimum atomic E-state index is -3.39. The van der Waals surface area contributed by atoms with Crippen molar-refractivity contribution in [3.8, 4) is 44.5 Å². The van der Waals surface area contributed by atoms with E-state index in [-0.39, 0.29) is 97.2 Å². The number of piperidine rings is 4. The Morgan fingerprint density at radius 3 is 1.03 bits per heavy atom. The van der Waals surface area contributed by atoms with Gasteiger partial charge < -0.3 is 40.8 Å². The van der Waals surface area contributed by atoms with Gasteiger partial charge in [-0.05, 0) is 297 Å². The predicted octanol–water partition coefficient (Wildman–Crippen LogP) is 19.7. The molecule has 16 rings (SSSR count). The van der Waals surface area contributed by atoms with Gasteiger partial charge >= 0.3 is 0 Å². The highest BCUT2D eigenvalue weighted by Gasteiger charge is 2.39. The van der Waals surface area contributed by atoms with E-state index in [0.29, 0.717) is 169 Å². The number of ether oxygens (including phenoxy) is 3. The summed E-state index contributed by atoms with van der Waals surface area (Å²) in [4.78, 5) is 69.8. The number of carbonyl (C=O) groups is 4. The highest BCUT2D eigenvalue weighted by molar-refractivity contribution is 7.91. The summed E-state index contributed by atoms with van der Waals surface area (Å²) in [6, 6.07) is 40.6. The predicted molar refractivity (Wildman–Crippen MR) is 579 cm³/mol. The first-order valence-electron chi connectivity index (χ1n) is 51.5. The first-order chi connectivity index (χ1) is 68.7. The molecule has 12 heterocycles. The van der Waals surface area contributed by atoms with E-state index in [1.165, 1.54) is 12.9 Å². The lowest BCUT2D eigenvalue weighted by molar-refractivity contribution is -0.124. The molecule has 0 saturated carbocycles. The van der Waals surface area contributed by atoms with Crippen LogP contribution in [0.15, 0.2) is 146 Å². The normalized spacial score (nSPS) is 21.9. The lowest BCUT2D eigenvalue weighted by atomic mass is 9.92. The lowest BCUT2D eigenvalue weighted by Crippen LogP contribution is -2.45. The standard InChI is InChI=1S/2C28H38ClN3O4S.C27H36ClN3O5S2.C26H34ClN3O2/c2*1-19(2)37(34,35)32-11-5-7-23(18-32)28(33)16-25-15-26(27(29)17-30-25)22-6-4-8-24(14-22)31-20(3)21-9-12-36-13-10-21;1-19(2)38(35,36)31-10-4-6-22(18-31)27(32)15-24-14-25(26(28)17-30-24)21-5-3-7-23(13-21)29-16-20-8-11-37(33,34)12-9-20;1-17-9-19(10-18(2)32-17)14-29-22-7-3-5-20(11-22)24-12-23(30-16-25(24)27)13-26(31)21-6-4-8-28-15-21/h2*4,6,8,14-15,17,19-21,23,31H,5,7,9-13,16,18H2,1-3H3;3,5,7,13-14,17,19-20,22,29H,4,6,8-12,15-16,18H2,1-2H3;3,5,7,11-12,16-19,21,28-29H,4,6,8-10,13-15H2,1-2H3/t20-,23+;20-,23-;22-;17-,18+,19?,21-/m0111/s1. The van der Waals surface area contributed by atoms with Crippen molar-refractivity contribution in [3.05, 3.63) is 189 Å². The Balaban J connectivity index is 0.000000161. The summed E-state index contributed by atoms with van der Waals surface area (Å²) in [5.41, 5.74) is 13.9. The number of aromatic nitrogens is 4. The molecule has 8 aliphatic rings. The second kappa shape index (κ2) is 53.0. The van der Waals surface area contributed by atoms with Crippen molar-refractivity contribution in [3.63, 3.8) is 0 Å². The Hall–Kier alpha value is -7.96. The molecule has 27 nitrogen and oxygen atoms in total. The van der Waals surface area contributed by atoms with Gasteiger partial charge in [-0.25, -0.2) is 46.6 Å². The Morgan fingerprint density at radius 2 is 0.715 bits per heavy atom. The summed E-state index contributed by atoms with van der Waals surface area (Å²) < 4.78 is 120. The van der Waals surface area contributed by atoms with Crippen LogP contribution in [-0.2, 0) is 99.0 Å². The fourth-order valence-electron chi connectivity index (χ4n) is 20.5. The Kier molecular flexibility index (Phi) is 41.6. The van der Waals surface area contributed by atoms with Crippen LogP contribution in [0.1, 0.15) is 195 Å². The van der Waals surface area contributed by atoms with Crippen molar-refractivity contribution in [2.75, 3.05) is 125 Å². The van der Waals surface area contributed by atoms with Crippen LogP contribution in [0.3, 0.4) is 0 Å². The van der Waals surface area contributed by atoms with Crippen LogP contribution < -0.4 is 26.6 Å². The van der Waals surface area contributed by atoms with Crippen LogP contribution in [0, 0.1) is 47.3 Å². The highest BCUT2D eigenvalue weighted by atomic mass is 35.5. The van der Waals surface area contributed by atoms with E-state index in [1.54, 1.807) is 66.3 Å². The summed E-state index contributed by atoms with van der Waals surface area (Å²) >= 11 is 26.1. The van der Waals surface area contributed by atoms with Crippen molar-refractivity contribution < 1.29 is 67.1 Å². The van der Waals surface area contributed by atoms with Crippen LogP contribution in [-0.4, -0.2) is 233 Å². The molecule has 35 heteroatoms. The monoisotopic (exact) mass is 2130 g/mol. The molecule has 0 radical (unpaired) electrons. The van der Waals surface area contributed by atoms with Gasteiger partial charge in [0, 0.05) is 239 Å². The van der Waals surface area contributed by atoms with Crippen LogP contribution in [0.25, 0.3) is 44.5 Å². The van der Waals surface area contributed by atoms with Gasteiger partial charge in [0.05, 0.1) is 59.6 Å². The van der Waals surface area contributed by atoms with E-state index in [2.05, 4.69) is 117 Å². The highest BCUT2D eigenvalue weighted by Crippen LogP contribution is 2.39. The third-order valence-corrected chi connectivity index (χ3v) is 38.9. The van der Waals surface area contributed by atoms with Crippen molar-refractivity contribution in [1.29, 1.82) is 0 Å². The minimum Gasteiger partial charge on any atom is -0.385 e. The molecule has 0 bridgehead atoms. The van der Waals surface area contributed by atoms with Crippen LogP contribution in [0.4, 0.5) is 22.7 Å². The molecule has 4 aromatic heterocycles. The number of hydrogen-bond donors (Lipinski definition) is 5. The Bertz CT molecular complexity index is 5960. The smallest absolute Gasteiger partial charge is 0.216 e. The van der Waals surface area contributed by atoms with E-state index < -0.39 is 55.7 Å². The number of pyridine rings is 4. The quantitative estimate of drug-likeness (QED) is 0.0250. The molecular formula is C109H146Cl4N12O15S4. The topological polar surface area (TPSA) is 354 Å². The van der Waals surface area contributed by atoms with Gasteiger partial charge in [0.2, 0.25) is 30.1 Å². The molecule has 0 amide bonds. The Labute approximate surface area is 874 Å². The number of ketones is 4. The van der Waals surface area contributed by atoms with Gasteiger partial charge in [-0.2, -0.15) is 0 Å². The van der Waals surface area contributed by atoms with Gasteiger partial charge in [-0.1, -0.05) is 94.9 Å². The number of anilines is 4. The first-order valence-corrected chi connectivity index (χ1v) is 59.4. The van der Waals surface area contributed by atoms with Gasteiger partial charge in [0.15, 0.2) is 0 Å². The number of sulfonamides is 3. The molecule has 1 unspecified atom stereocenters. The van der Waals surface area contributed by atoms with Crippen molar-refractivity contribution >= 4 is 132 Å². The average Bonchev–Trinajstić information content (AvgIpc) is 0.810. The number of halogens is 4. The maximum atomic E-state index is 13.2. The molecule has 5 N–H and O–H groups in total. The molecule has 8 aliphatic heterocycles. The van der Waals surface area contributed by atoms with E-state index in [0.717, 1.165) is 170 Å². The number of hydrogen-bond acceptors (Lipinski definition) is 24. The number of nitrogens with zero attached hydrogens (tertiary/aromatic N) is 7. The molecule has 8 saturated heterocycles. The third kappa shape index (κ3) is 32.1. The number of sulfone groups is 1. The maximum Gasteiger partial charge on any atom is 0.216 e. The fraction of sp³-hybridized carbons (Fsp3) is 0.560. The van der Waals surface area contributed by atoms with Crippen LogP contribution in [0.2, 0.25) is 20.1 Å². The second-order valence-corrected chi connectivity index (χ2v) is 52.6. The largest absolute Gasteiger partial charge is 0.385 e. The summed E-state index contributed by atoms with van der Waals surface area (Å²) in [6.07, 6.45) is 21.7. The summed E-state index contributed by atoms with van der Waals surface area (Å²) in [7, 11) is -13.0. The number of Topliss-reactive ketones (excluding diaryl/α,β-unsaturated/α-hetero) is 4. The van der Waals surface area contributed by atoms with E-state index in [4.69, 9.17) is 60.6 Å². The lowest BCUT2D eigenvalue weighted by Gasteiger charge is -2.32. The molecule has 784 valence electrons. The zero-order chi connectivity index (χ0) is 103. The molecule has 4 aromatic carbocycles. The summed E-state index contributed by atoms with van der Waals surface area (Å²) in [5.74, 6) is 1.96. The summed E-state index contributed by atoms with van der Waals surface area (Å²) in [5, 5.41) is 18.2. The third-order valence-electron chi connectivity index (χ3n) is 29.3. The second-order valence-electron chi connectivity index (χ2n) is 41.2. The number of nitrogens with one attached hydrogen (secondary N) is 5. The zero-order valence-corrected chi connectivity index (χ0v) is 91.2. The molecular weight excluding hydrogens is 1990 g/mol. The fourth-order valence-corrected chi connectivity index (χ4v) is 27.1. The first kappa shape index (κ1) is 113. The van der Waals surface area contributed by atoms with Crippen LogP contribution in [0.5, 0.6) is 0 Å². The minimum absolute atomic E-state index is 0.0145. The number of rotatable bonds is 34. The number of carbonyl (C=O) groups excluding carboxylic acids is 4.